The molecule has 0 aliphatic heterocycles. The van der Waals surface area contributed by atoms with Gasteiger partial charge in [0.15, 0.2) is 0 Å². The molecule has 0 aromatic heterocycles. The molecule has 0 bridgehead atoms. The lowest BCUT2D eigenvalue weighted by atomic mass is 10.1. The van der Waals surface area contributed by atoms with Crippen LogP contribution in [0, 0.1) is 5.92 Å². The van der Waals surface area contributed by atoms with Gasteiger partial charge in [-0.2, -0.15) is 0 Å². The lowest BCUT2D eigenvalue weighted by molar-refractivity contribution is -0.121. The van der Waals surface area contributed by atoms with Crippen molar-refractivity contribution < 1.29 is 9.59 Å². The number of carbonyl (C=O) groups is 1. The van der Waals surface area contributed by atoms with Crippen molar-refractivity contribution in [3.05, 3.63) is 0 Å². The summed E-state index contributed by atoms with van der Waals surface area (Å²) in [5, 5.41) is 0. The molecule has 0 aliphatic carbocycles. The van der Waals surface area contributed by atoms with Gasteiger partial charge in [0.1, 0.15) is 5.78 Å². The smallest absolute Gasteiger partial charge is 0.234 e. The highest BCUT2D eigenvalue weighted by molar-refractivity contribution is 5.80. The van der Waals surface area contributed by atoms with Gasteiger partial charge in [-0.05, 0) is 6.42 Å². The molecule has 0 rings (SSSR count). The third-order valence-corrected chi connectivity index (χ3v) is 1.40. The van der Waals surface area contributed by atoms with Gasteiger partial charge in [0, 0.05) is 12.3 Å². The molecule has 0 radical (unpaired) electrons. The third kappa shape index (κ3) is 5.49. The normalized spacial score (nSPS) is 9.36. The average molecular weight is 155 g/mol. The van der Waals surface area contributed by atoms with Gasteiger partial charge in [0.05, 0.1) is 6.54 Å². The van der Waals surface area contributed by atoms with E-state index in [9.17, 15) is 9.59 Å². The minimum atomic E-state index is 0.0928. The summed E-state index contributed by atoms with van der Waals surface area (Å²) in [6.45, 7) is 4.15. The molecule has 0 amide bonds. The van der Waals surface area contributed by atoms with Crippen molar-refractivity contribution in [3.8, 4) is 0 Å². The van der Waals surface area contributed by atoms with Crippen LogP contribution in [0.2, 0.25) is 0 Å². The Morgan fingerprint density at radius 2 is 2.18 bits per heavy atom. The molecular formula is C8H13NO2. The first kappa shape index (κ1) is 10.0. The van der Waals surface area contributed by atoms with E-state index in [1.165, 1.54) is 6.08 Å². The molecule has 0 spiro atoms. The number of ketones is 1. The minimum absolute atomic E-state index is 0.0928. The molecule has 0 N–H and O–H groups in total. The van der Waals surface area contributed by atoms with Crippen LogP contribution in [0.25, 0.3) is 0 Å². The van der Waals surface area contributed by atoms with Crippen molar-refractivity contribution >= 4 is 11.9 Å². The van der Waals surface area contributed by atoms with Crippen LogP contribution < -0.4 is 0 Å². The van der Waals surface area contributed by atoms with Gasteiger partial charge < -0.3 is 0 Å². The molecular weight excluding hydrogens is 142 g/mol. The highest BCUT2D eigenvalue weighted by atomic mass is 16.1. The molecule has 3 heteroatoms. The van der Waals surface area contributed by atoms with Gasteiger partial charge in [-0.15, -0.1) is 0 Å². The summed E-state index contributed by atoms with van der Waals surface area (Å²) in [5.74, 6) is 0.321. The molecule has 62 valence electrons. The Labute approximate surface area is 66.5 Å². The molecule has 0 saturated heterocycles. The summed E-state index contributed by atoms with van der Waals surface area (Å²) in [6, 6.07) is 0. The van der Waals surface area contributed by atoms with Crippen LogP contribution in [0.15, 0.2) is 4.99 Å². The monoisotopic (exact) mass is 155 g/mol. The second-order valence-electron chi connectivity index (χ2n) is 2.70. The first-order valence-electron chi connectivity index (χ1n) is 3.75. The molecule has 0 unspecified atom stereocenters. The Hall–Kier alpha value is -0.950. The van der Waals surface area contributed by atoms with Crippen molar-refractivity contribution in [2.75, 3.05) is 6.54 Å². The fourth-order valence-corrected chi connectivity index (χ4v) is 0.667. The van der Waals surface area contributed by atoms with E-state index in [1.807, 2.05) is 13.8 Å². The summed E-state index contributed by atoms with van der Waals surface area (Å²) in [5.41, 5.74) is 0. The third-order valence-electron chi connectivity index (χ3n) is 1.40. The van der Waals surface area contributed by atoms with Crippen LogP contribution in [-0.2, 0) is 9.59 Å². The summed E-state index contributed by atoms with van der Waals surface area (Å²) in [7, 11) is 0. The highest BCUT2D eigenvalue weighted by Crippen LogP contribution is 2.01. The van der Waals surface area contributed by atoms with Crippen LogP contribution in [0.5, 0.6) is 0 Å². The highest BCUT2D eigenvalue weighted by Gasteiger charge is 2.05. The number of isocyanates is 1. The van der Waals surface area contributed by atoms with Gasteiger partial charge in [-0.25, -0.2) is 9.79 Å². The zero-order chi connectivity index (χ0) is 8.69. The maximum absolute atomic E-state index is 11.0. The molecule has 0 aromatic rings. The van der Waals surface area contributed by atoms with Crippen LogP contribution in [0.1, 0.15) is 26.7 Å². The first-order chi connectivity index (χ1) is 5.18. The number of Topliss-reactive ketones (excluding diaryl/α,β-unsaturated/α-hetero) is 1. The molecule has 3 nitrogen and oxygen atoms in total. The van der Waals surface area contributed by atoms with Crippen LogP contribution in [0.3, 0.4) is 0 Å². The number of rotatable bonds is 5. The topological polar surface area (TPSA) is 46.5 Å². The van der Waals surface area contributed by atoms with Crippen LogP contribution in [-0.4, -0.2) is 18.4 Å². The van der Waals surface area contributed by atoms with E-state index in [1.54, 1.807) is 0 Å². The Morgan fingerprint density at radius 3 is 2.64 bits per heavy atom. The second kappa shape index (κ2) is 5.81. The van der Waals surface area contributed by atoms with Gasteiger partial charge >= 0.3 is 0 Å². The van der Waals surface area contributed by atoms with E-state index >= 15 is 0 Å². The fraction of sp³-hybridized carbons (Fsp3) is 0.750. The Bertz CT molecular complexity index is 169. The fourth-order valence-electron chi connectivity index (χ4n) is 0.667. The number of hydrogen-bond acceptors (Lipinski definition) is 3. The van der Waals surface area contributed by atoms with E-state index < -0.39 is 0 Å². The average Bonchev–Trinajstić information content (AvgIpc) is 1.97. The quantitative estimate of drug-likeness (QED) is 0.341. The lowest BCUT2D eigenvalue weighted by Gasteiger charge is -2.00. The standard InChI is InChI=1S/C8H13NO2/c1-7(2)8(11)4-3-5-9-6-10/h7H,3-5H2,1-2H3. The van der Waals surface area contributed by atoms with Gasteiger partial charge in [-0.3, -0.25) is 4.79 Å². The zero-order valence-corrected chi connectivity index (χ0v) is 6.96. The maximum Gasteiger partial charge on any atom is 0.234 e. The summed E-state index contributed by atoms with van der Waals surface area (Å²) in [6.07, 6.45) is 2.61. The van der Waals surface area contributed by atoms with Crippen LogP contribution >= 0.6 is 0 Å². The number of hydrogen-bond donors (Lipinski definition) is 0. The van der Waals surface area contributed by atoms with Crippen LogP contribution in [0.4, 0.5) is 0 Å². The van der Waals surface area contributed by atoms with Crippen molar-refractivity contribution in [2.45, 2.75) is 26.7 Å². The van der Waals surface area contributed by atoms with E-state index in [-0.39, 0.29) is 11.7 Å². The number of aliphatic imine (C=N–C) groups is 1. The summed E-state index contributed by atoms with van der Waals surface area (Å²) in [4.78, 5) is 23.9. The van der Waals surface area contributed by atoms with E-state index in [0.29, 0.717) is 19.4 Å². The number of carbonyl (C=O) groups excluding carboxylic acids is 2. The van der Waals surface area contributed by atoms with Gasteiger partial charge in [0.2, 0.25) is 6.08 Å². The maximum atomic E-state index is 11.0. The lowest BCUT2D eigenvalue weighted by Crippen LogP contribution is -2.06. The van der Waals surface area contributed by atoms with Crippen molar-refractivity contribution in [1.82, 2.24) is 0 Å². The molecule has 0 fully saturated rings. The van der Waals surface area contributed by atoms with Crippen molar-refractivity contribution in [2.24, 2.45) is 10.9 Å². The summed E-state index contributed by atoms with van der Waals surface area (Å²) >= 11 is 0. The molecule has 0 aliphatic rings. The molecule has 0 heterocycles. The van der Waals surface area contributed by atoms with Gasteiger partial charge in [-0.1, -0.05) is 13.8 Å². The van der Waals surface area contributed by atoms with E-state index in [4.69, 9.17) is 0 Å². The minimum Gasteiger partial charge on any atom is -0.299 e. The SMILES string of the molecule is CC(C)C(=O)CCCN=C=O. The Morgan fingerprint density at radius 1 is 1.55 bits per heavy atom. The van der Waals surface area contributed by atoms with Crippen molar-refractivity contribution in [1.29, 1.82) is 0 Å². The molecule has 0 atom stereocenters. The second-order valence-corrected chi connectivity index (χ2v) is 2.70. The molecule has 0 saturated carbocycles. The molecule has 11 heavy (non-hydrogen) atoms. The Balaban J connectivity index is 3.39. The summed E-state index contributed by atoms with van der Waals surface area (Å²) < 4.78 is 0. The number of nitrogens with zero attached hydrogens (tertiary/aromatic N) is 1. The van der Waals surface area contributed by atoms with E-state index in [0.717, 1.165) is 0 Å². The van der Waals surface area contributed by atoms with Crippen molar-refractivity contribution in [3.63, 3.8) is 0 Å². The molecule has 0 aromatic carbocycles. The first-order valence-corrected chi connectivity index (χ1v) is 3.75. The van der Waals surface area contributed by atoms with E-state index in [2.05, 4.69) is 4.99 Å². The predicted molar refractivity (Wildman–Crippen MR) is 42.1 cm³/mol. The zero-order valence-electron chi connectivity index (χ0n) is 6.96. The predicted octanol–water partition coefficient (Wildman–Crippen LogP) is 1.33. The van der Waals surface area contributed by atoms with Gasteiger partial charge in [0.25, 0.3) is 0 Å². The Kier molecular flexibility index (Phi) is 5.30. The largest absolute Gasteiger partial charge is 0.299 e.